The van der Waals surface area contributed by atoms with E-state index in [1.165, 1.54) is 5.56 Å². The van der Waals surface area contributed by atoms with E-state index in [1.807, 2.05) is 31.2 Å². The molecule has 2 heterocycles. The van der Waals surface area contributed by atoms with E-state index in [1.54, 1.807) is 6.20 Å². The van der Waals surface area contributed by atoms with E-state index in [-0.39, 0.29) is 5.91 Å². The van der Waals surface area contributed by atoms with Crippen molar-refractivity contribution in [2.24, 2.45) is 0 Å². The first-order valence-corrected chi connectivity index (χ1v) is 6.80. The summed E-state index contributed by atoms with van der Waals surface area (Å²) in [6.45, 7) is 3.69. The maximum atomic E-state index is 12.5. The fourth-order valence-electron chi connectivity index (χ4n) is 2.54. The van der Waals surface area contributed by atoms with Gasteiger partial charge < -0.3 is 10.6 Å². The van der Waals surface area contributed by atoms with Gasteiger partial charge in [0.05, 0.1) is 0 Å². The second-order valence-corrected chi connectivity index (χ2v) is 4.99. The van der Waals surface area contributed by atoms with Crippen LogP contribution in [0, 0.1) is 6.92 Å². The highest BCUT2D eigenvalue weighted by Crippen LogP contribution is 2.20. The molecule has 0 unspecified atom stereocenters. The maximum absolute atomic E-state index is 12.5. The molecule has 1 aromatic heterocycles. The summed E-state index contributed by atoms with van der Waals surface area (Å²) >= 11 is 0. The Morgan fingerprint density at radius 3 is 3.05 bits per heavy atom. The highest BCUT2D eigenvalue weighted by Gasteiger charge is 2.17. The Labute approximate surface area is 118 Å². The Bertz CT molecular complexity index is 652. The van der Waals surface area contributed by atoms with Crippen LogP contribution in [-0.4, -0.2) is 17.4 Å². The van der Waals surface area contributed by atoms with E-state index in [0.717, 1.165) is 36.2 Å². The average molecular weight is 267 g/mol. The van der Waals surface area contributed by atoms with Gasteiger partial charge in [0.2, 0.25) is 0 Å². The van der Waals surface area contributed by atoms with Crippen molar-refractivity contribution in [2.45, 2.75) is 19.9 Å². The highest BCUT2D eigenvalue weighted by molar-refractivity contribution is 6.05. The topological polar surface area (TPSA) is 54.0 Å². The zero-order valence-electron chi connectivity index (χ0n) is 11.4. The van der Waals surface area contributed by atoms with Gasteiger partial charge in [0, 0.05) is 18.3 Å². The Hall–Kier alpha value is -2.20. The minimum Gasteiger partial charge on any atom is -0.312 e. The molecule has 102 valence electrons. The van der Waals surface area contributed by atoms with Crippen molar-refractivity contribution in [3.05, 3.63) is 58.8 Å². The molecule has 4 nitrogen and oxygen atoms in total. The highest BCUT2D eigenvalue weighted by atomic mass is 16.1. The molecule has 4 heteroatoms. The minimum absolute atomic E-state index is 0.0782. The standard InChI is InChI=1S/C16H17N3O/c1-11-4-3-8-18-15(11)19-16(20)14-6-2-5-12-10-17-9-7-13(12)14/h2-6,8,17H,7,9-10H2,1H3,(H,18,19,20). The molecule has 1 amide bonds. The van der Waals surface area contributed by atoms with Crippen molar-refractivity contribution < 1.29 is 4.79 Å². The second kappa shape index (κ2) is 5.43. The van der Waals surface area contributed by atoms with Gasteiger partial charge in [-0.2, -0.15) is 0 Å². The molecule has 0 fully saturated rings. The average Bonchev–Trinajstić information content (AvgIpc) is 2.49. The molecule has 1 aliphatic heterocycles. The van der Waals surface area contributed by atoms with Gasteiger partial charge in [-0.15, -0.1) is 0 Å². The number of rotatable bonds is 2. The number of fused-ring (bicyclic) bond motifs is 1. The van der Waals surface area contributed by atoms with Crippen LogP contribution in [0.5, 0.6) is 0 Å². The van der Waals surface area contributed by atoms with Crippen molar-refractivity contribution in [3.63, 3.8) is 0 Å². The zero-order chi connectivity index (χ0) is 13.9. The van der Waals surface area contributed by atoms with E-state index >= 15 is 0 Å². The van der Waals surface area contributed by atoms with Crippen LogP contribution in [0.3, 0.4) is 0 Å². The van der Waals surface area contributed by atoms with E-state index in [0.29, 0.717) is 5.82 Å². The summed E-state index contributed by atoms with van der Waals surface area (Å²) in [6, 6.07) is 9.70. The van der Waals surface area contributed by atoms with E-state index in [4.69, 9.17) is 0 Å². The van der Waals surface area contributed by atoms with Gasteiger partial charge in [0.15, 0.2) is 0 Å². The molecule has 0 radical (unpaired) electrons. The summed E-state index contributed by atoms with van der Waals surface area (Å²) in [6.07, 6.45) is 2.58. The molecule has 20 heavy (non-hydrogen) atoms. The van der Waals surface area contributed by atoms with Crippen LogP contribution in [0.25, 0.3) is 0 Å². The SMILES string of the molecule is Cc1cccnc1NC(=O)c1cccc2c1CCNC2. The normalized spacial score (nSPS) is 13.7. The van der Waals surface area contributed by atoms with Gasteiger partial charge >= 0.3 is 0 Å². The number of hydrogen-bond acceptors (Lipinski definition) is 3. The van der Waals surface area contributed by atoms with Crippen LogP contribution < -0.4 is 10.6 Å². The molecule has 1 aromatic carbocycles. The van der Waals surface area contributed by atoms with Crippen molar-refractivity contribution in [3.8, 4) is 0 Å². The van der Waals surface area contributed by atoms with Gasteiger partial charge in [-0.25, -0.2) is 4.98 Å². The summed E-state index contributed by atoms with van der Waals surface area (Å²) in [5.74, 6) is 0.551. The van der Waals surface area contributed by atoms with Crippen molar-refractivity contribution >= 4 is 11.7 Å². The van der Waals surface area contributed by atoms with Crippen LogP contribution in [0.15, 0.2) is 36.5 Å². The van der Waals surface area contributed by atoms with Gasteiger partial charge in [0.1, 0.15) is 5.82 Å². The largest absolute Gasteiger partial charge is 0.312 e. The number of nitrogens with zero attached hydrogens (tertiary/aromatic N) is 1. The molecule has 0 spiro atoms. The fourth-order valence-corrected chi connectivity index (χ4v) is 2.54. The number of pyridine rings is 1. The quantitative estimate of drug-likeness (QED) is 0.877. The molecule has 0 bridgehead atoms. The maximum Gasteiger partial charge on any atom is 0.257 e. The van der Waals surface area contributed by atoms with Crippen molar-refractivity contribution in [2.75, 3.05) is 11.9 Å². The number of hydrogen-bond donors (Lipinski definition) is 2. The first-order chi connectivity index (χ1) is 9.75. The number of nitrogens with one attached hydrogen (secondary N) is 2. The Kier molecular flexibility index (Phi) is 3.48. The van der Waals surface area contributed by atoms with Gasteiger partial charge in [-0.05, 0) is 48.7 Å². The van der Waals surface area contributed by atoms with Gasteiger partial charge in [-0.1, -0.05) is 18.2 Å². The summed E-state index contributed by atoms with van der Waals surface area (Å²) in [5.41, 5.74) is 4.08. The number of carbonyl (C=O) groups is 1. The molecule has 0 saturated carbocycles. The number of amides is 1. The number of aryl methyl sites for hydroxylation is 1. The Morgan fingerprint density at radius 1 is 1.30 bits per heavy atom. The van der Waals surface area contributed by atoms with Crippen molar-refractivity contribution in [1.29, 1.82) is 0 Å². The molecule has 1 aliphatic rings. The molecule has 2 N–H and O–H groups in total. The van der Waals surface area contributed by atoms with Crippen LogP contribution in [-0.2, 0) is 13.0 Å². The van der Waals surface area contributed by atoms with Crippen LogP contribution in [0.1, 0.15) is 27.0 Å². The van der Waals surface area contributed by atoms with Crippen LogP contribution in [0.2, 0.25) is 0 Å². The first kappa shape index (κ1) is 12.8. The lowest BCUT2D eigenvalue weighted by molar-refractivity contribution is 0.102. The monoisotopic (exact) mass is 267 g/mol. The predicted octanol–water partition coefficient (Wildman–Crippen LogP) is 2.29. The third-order valence-corrected chi connectivity index (χ3v) is 3.63. The first-order valence-electron chi connectivity index (χ1n) is 6.80. The number of carbonyl (C=O) groups excluding carboxylic acids is 1. The lowest BCUT2D eigenvalue weighted by Gasteiger charge is -2.20. The summed E-state index contributed by atoms with van der Waals surface area (Å²) < 4.78 is 0. The molecular weight excluding hydrogens is 250 g/mol. The van der Waals surface area contributed by atoms with Gasteiger partial charge in [-0.3, -0.25) is 4.79 Å². The lowest BCUT2D eigenvalue weighted by Crippen LogP contribution is -2.26. The summed E-state index contributed by atoms with van der Waals surface area (Å²) in [7, 11) is 0. The molecule has 0 atom stereocenters. The molecule has 2 aromatic rings. The van der Waals surface area contributed by atoms with Crippen LogP contribution >= 0.6 is 0 Å². The summed E-state index contributed by atoms with van der Waals surface area (Å²) in [5, 5.41) is 6.23. The smallest absolute Gasteiger partial charge is 0.257 e. The minimum atomic E-state index is -0.0782. The van der Waals surface area contributed by atoms with E-state index in [9.17, 15) is 4.79 Å². The predicted molar refractivity (Wildman–Crippen MR) is 78.8 cm³/mol. The zero-order valence-corrected chi connectivity index (χ0v) is 11.4. The fraction of sp³-hybridized carbons (Fsp3) is 0.250. The lowest BCUT2D eigenvalue weighted by atomic mass is 9.95. The molecular formula is C16H17N3O. The third kappa shape index (κ3) is 2.42. The third-order valence-electron chi connectivity index (χ3n) is 3.63. The van der Waals surface area contributed by atoms with E-state index < -0.39 is 0 Å². The summed E-state index contributed by atoms with van der Waals surface area (Å²) in [4.78, 5) is 16.7. The number of benzene rings is 1. The van der Waals surface area contributed by atoms with Gasteiger partial charge in [0.25, 0.3) is 5.91 Å². The molecule has 3 rings (SSSR count). The number of aromatic nitrogens is 1. The van der Waals surface area contributed by atoms with Crippen LogP contribution in [0.4, 0.5) is 5.82 Å². The molecule has 0 saturated heterocycles. The Balaban J connectivity index is 1.90. The number of anilines is 1. The van der Waals surface area contributed by atoms with Crippen molar-refractivity contribution in [1.82, 2.24) is 10.3 Å². The van der Waals surface area contributed by atoms with E-state index in [2.05, 4.69) is 21.7 Å². The Morgan fingerprint density at radius 2 is 2.20 bits per heavy atom. The second-order valence-electron chi connectivity index (χ2n) is 4.99. The molecule has 0 aliphatic carbocycles.